The molecule has 3 atom stereocenters. The molecule has 0 aromatic rings. The van der Waals surface area contributed by atoms with Crippen LogP contribution >= 0.6 is 0 Å². The van der Waals surface area contributed by atoms with Crippen LogP contribution in [0.5, 0.6) is 0 Å². The molecule has 0 saturated heterocycles. The van der Waals surface area contributed by atoms with E-state index in [1.165, 1.54) is 83.5 Å². The first kappa shape index (κ1) is 54.6. The number of carbonyl (C=O) groups is 2. The number of amides is 1. The number of esters is 1. The van der Waals surface area contributed by atoms with Crippen LogP contribution in [0.4, 0.5) is 0 Å². The Bertz CT molecular complexity index is 1030. The molecular weight excluding hydrogens is 707 g/mol. The van der Waals surface area contributed by atoms with Crippen molar-refractivity contribution < 1.29 is 24.5 Å². The Morgan fingerprint density at radius 3 is 1.47 bits per heavy atom. The highest BCUT2D eigenvalue weighted by molar-refractivity contribution is 5.77. The van der Waals surface area contributed by atoms with Gasteiger partial charge in [0.2, 0.25) is 5.91 Å². The number of nitrogens with one attached hydrogen (secondary N) is 1. The van der Waals surface area contributed by atoms with E-state index < -0.39 is 18.2 Å². The number of ether oxygens (including phenoxy) is 1. The molecule has 0 aliphatic heterocycles. The second-order valence-corrected chi connectivity index (χ2v) is 16.1. The fraction of sp³-hybridized carbons (Fsp3) is 0.765. The first-order valence-corrected chi connectivity index (χ1v) is 24.0. The first-order valence-electron chi connectivity index (χ1n) is 24.0. The number of rotatable bonds is 42. The largest absolute Gasteiger partial charge is 0.462 e. The van der Waals surface area contributed by atoms with Gasteiger partial charge in [0, 0.05) is 6.42 Å². The number of unbranched alkanes of at least 4 members (excludes halogenated alkanes) is 20. The van der Waals surface area contributed by atoms with E-state index in [0.717, 1.165) is 96.3 Å². The second-order valence-electron chi connectivity index (χ2n) is 16.1. The molecular formula is C51H91NO5. The van der Waals surface area contributed by atoms with Crippen molar-refractivity contribution in [1.82, 2.24) is 5.32 Å². The second kappa shape index (κ2) is 44.7. The lowest BCUT2D eigenvalue weighted by Crippen LogP contribution is -2.46. The van der Waals surface area contributed by atoms with Crippen LogP contribution in [0.3, 0.4) is 0 Å². The van der Waals surface area contributed by atoms with Crippen molar-refractivity contribution in [3.05, 3.63) is 60.8 Å². The van der Waals surface area contributed by atoms with Gasteiger partial charge in [0.15, 0.2) is 0 Å². The summed E-state index contributed by atoms with van der Waals surface area (Å²) in [4.78, 5) is 26.0. The minimum Gasteiger partial charge on any atom is -0.462 e. The Hall–Kier alpha value is -2.44. The lowest BCUT2D eigenvalue weighted by atomic mass is 10.0. The SMILES string of the molecule is CC/C=C/C/C=C/C/C=C/C/C=C/CCCCCC(=O)OC(CCCCCCC/C=C\CCCCCC)CC(=O)NC(CO)C(O)CCCCCCCCCCC. The van der Waals surface area contributed by atoms with Crippen molar-refractivity contribution in [1.29, 1.82) is 0 Å². The van der Waals surface area contributed by atoms with Crippen LogP contribution in [0.1, 0.15) is 226 Å². The number of carbonyl (C=O) groups excluding carboxylic acids is 2. The summed E-state index contributed by atoms with van der Waals surface area (Å²) in [5.74, 6) is -0.521. The predicted octanol–water partition coefficient (Wildman–Crippen LogP) is 14.1. The van der Waals surface area contributed by atoms with Gasteiger partial charge in [-0.05, 0) is 89.9 Å². The zero-order valence-corrected chi connectivity index (χ0v) is 37.5. The van der Waals surface area contributed by atoms with Gasteiger partial charge in [0.05, 0.1) is 25.2 Å². The lowest BCUT2D eigenvalue weighted by Gasteiger charge is -2.24. The molecule has 0 rings (SSSR count). The monoisotopic (exact) mass is 798 g/mol. The van der Waals surface area contributed by atoms with E-state index in [9.17, 15) is 19.8 Å². The van der Waals surface area contributed by atoms with Crippen molar-refractivity contribution in [3.63, 3.8) is 0 Å². The summed E-state index contributed by atoms with van der Waals surface area (Å²) in [6.07, 6.45) is 54.2. The number of hydrogen-bond acceptors (Lipinski definition) is 5. The molecule has 0 aliphatic rings. The molecule has 6 heteroatoms. The quantitative estimate of drug-likeness (QED) is 0.0325. The molecule has 0 bridgehead atoms. The summed E-state index contributed by atoms with van der Waals surface area (Å²) in [7, 11) is 0. The summed E-state index contributed by atoms with van der Waals surface area (Å²) in [6, 6.07) is -0.710. The van der Waals surface area contributed by atoms with Gasteiger partial charge in [0.1, 0.15) is 6.10 Å². The smallest absolute Gasteiger partial charge is 0.306 e. The highest BCUT2D eigenvalue weighted by Gasteiger charge is 2.24. The van der Waals surface area contributed by atoms with Gasteiger partial charge in [0.25, 0.3) is 0 Å². The number of allylic oxidation sites excluding steroid dienone is 10. The maximum Gasteiger partial charge on any atom is 0.306 e. The Morgan fingerprint density at radius 1 is 0.526 bits per heavy atom. The number of aliphatic hydroxyl groups is 2. The lowest BCUT2D eigenvalue weighted by molar-refractivity contribution is -0.151. The Balaban J connectivity index is 4.66. The third-order valence-corrected chi connectivity index (χ3v) is 10.6. The van der Waals surface area contributed by atoms with E-state index in [2.05, 4.69) is 86.8 Å². The fourth-order valence-corrected chi connectivity index (χ4v) is 6.94. The molecule has 0 aliphatic carbocycles. The molecule has 6 nitrogen and oxygen atoms in total. The van der Waals surface area contributed by atoms with Crippen LogP contribution < -0.4 is 5.32 Å². The molecule has 3 N–H and O–H groups in total. The normalized spacial score (nSPS) is 13.8. The summed E-state index contributed by atoms with van der Waals surface area (Å²) < 4.78 is 5.90. The average Bonchev–Trinajstić information content (AvgIpc) is 3.20. The maximum atomic E-state index is 13.1. The standard InChI is InChI=1S/C51H91NO5/c1-4-7-10-13-16-19-21-23-24-25-27-29-32-35-38-41-44-51(56)57-47(42-39-36-33-31-28-26-22-20-17-14-11-8-5-2)45-50(55)52-48(46-53)49(54)43-40-37-34-30-18-15-12-9-6-3/h7,10,16,19-20,22-24,27,29,47-49,53-54H,4-6,8-9,11-15,17-18,21,25-26,28,30-46H2,1-3H3,(H,52,55)/b10-7+,19-16+,22-20-,24-23+,29-27+. The van der Waals surface area contributed by atoms with Gasteiger partial charge in [-0.3, -0.25) is 9.59 Å². The van der Waals surface area contributed by atoms with Crippen LogP contribution in [0.15, 0.2) is 60.8 Å². The molecule has 0 saturated carbocycles. The van der Waals surface area contributed by atoms with Gasteiger partial charge < -0.3 is 20.3 Å². The van der Waals surface area contributed by atoms with Gasteiger partial charge in [-0.2, -0.15) is 0 Å². The minimum absolute atomic E-state index is 0.0574. The topological polar surface area (TPSA) is 95.9 Å². The van der Waals surface area contributed by atoms with Crippen LogP contribution in [-0.4, -0.2) is 46.9 Å². The van der Waals surface area contributed by atoms with E-state index in [1.807, 2.05) is 0 Å². The van der Waals surface area contributed by atoms with E-state index >= 15 is 0 Å². The van der Waals surface area contributed by atoms with E-state index in [-0.39, 0.29) is 24.9 Å². The van der Waals surface area contributed by atoms with Crippen molar-refractivity contribution in [2.75, 3.05) is 6.61 Å². The molecule has 3 unspecified atom stereocenters. The third-order valence-electron chi connectivity index (χ3n) is 10.6. The molecule has 0 fully saturated rings. The molecule has 0 radical (unpaired) electrons. The van der Waals surface area contributed by atoms with E-state index in [4.69, 9.17) is 4.74 Å². The first-order chi connectivity index (χ1) is 28.0. The van der Waals surface area contributed by atoms with Crippen LogP contribution in [0.2, 0.25) is 0 Å². The molecule has 0 heterocycles. The van der Waals surface area contributed by atoms with Crippen molar-refractivity contribution >= 4 is 11.9 Å². The summed E-state index contributed by atoms with van der Waals surface area (Å²) in [5.41, 5.74) is 0. The Kier molecular flexibility index (Phi) is 42.7. The zero-order chi connectivity index (χ0) is 41.7. The minimum atomic E-state index is -0.794. The van der Waals surface area contributed by atoms with Crippen LogP contribution in [0.25, 0.3) is 0 Å². The summed E-state index contributed by atoms with van der Waals surface area (Å²) in [5, 5.41) is 23.6. The molecule has 330 valence electrons. The molecule has 0 spiro atoms. The van der Waals surface area contributed by atoms with Gasteiger partial charge in [-0.25, -0.2) is 0 Å². The maximum absolute atomic E-state index is 13.1. The van der Waals surface area contributed by atoms with E-state index in [1.54, 1.807) is 0 Å². The predicted molar refractivity (Wildman–Crippen MR) is 245 cm³/mol. The summed E-state index contributed by atoms with van der Waals surface area (Å²) in [6.45, 7) is 6.32. The Morgan fingerprint density at radius 2 is 0.947 bits per heavy atom. The molecule has 57 heavy (non-hydrogen) atoms. The zero-order valence-electron chi connectivity index (χ0n) is 37.5. The van der Waals surface area contributed by atoms with Gasteiger partial charge in [-0.1, -0.05) is 184 Å². The summed E-state index contributed by atoms with van der Waals surface area (Å²) >= 11 is 0. The van der Waals surface area contributed by atoms with Gasteiger partial charge >= 0.3 is 5.97 Å². The van der Waals surface area contributed by atoms with E-state index in [0.29, 0.717) is 19.3 Å². The number of hydrogen-bond donors (Lipinski definition) is 3. The highest BCUT2D eigenvalue weighted by atomic mass is 16.5. The molecule has 1 amide bonds. The van der Waals surface area contributed by atoms with Crippen molar-refractivity contribution in [2.45, 2.75) is 244 Å². The van der Waals surface area contributed by atoms with Crippen LogP contribution in [0, 0.1) is 0 Å². The van der Waals surface area contributed by atoms with Crippen LogP contribution in [-0.2, 0) is 14.3 Å². The highest BCUT2D eigenvalue weighted by Crippen LogP contribution is 2.17. The molecule has 0 aromatic heterocycles. The van der Waals surface area contributed by atoms with Crippen molar-refractivity contribution in [2.24, 2.45) is 0 Å². The average molecular weight is 798 g/mol. The van der Waals surface area contributed by atoms with Gasteiger partial charge in [-0.15, -0.1) is 0 Å². The fourth-order valence-electron chi connectivity index (χ4n) is 6.94. The molecule has 0 aromatic carbocycles. The number of aliphatic hydroxyl groups excluding tert-OH is 2. The third kappa shape index (κ3) is 40.1. The Labute approximate surface area is 352 Å². The van der Waals surface area contributed by atoms with Crippen molar-refractivity contribution in [3.8, 4) is 0 Å².